The van der Waals surface area contributed by atoms with Crippen LogP contribution < -0.4 is 5.32 Å². The lowest BCUT2D eigenvalue weighted by Crippen LogP contribution is -2.33. The van der Waals surface area contributed by atoms with Gasteiger partial charge in [0.15, 0.2) is 0 Å². The number of hydrogen-bond acceptors (Lipinski definition) is 3. The van der Waals surface area contributed by atoms with Crippen LogP contribution in [0.3, 0.4) is 0 Å². The number of likely N-dealkylation sites (tertiary alicyclic amines) is 1. The Bertz CT molecular complexity index is 741. The zero-order valence-electron chi connectivity index (χ0n) is 13.3. The van der Waals surface area contributed by atoms with E-state index in [0.717, 1.165) is 13.1 Å². The molecule has 2 aromatic heterocycles. The average molecular weight is 325 g/mol. The maximum absolute atomic E-state index is 3.70. The van der Waals surface area contributed by atoms with Gasteiger partial charge in [0.2, 0.25) is 0 Å². The van der Waals surface area contributed by atoms with Crippen LogP contribution in [0.2, 0.25) is 0 Å². The van der Waals surface area contributed by atoms with Crippen LogP contribution in [0.25, 0.3) is 10.9 Å². The first-order valence-corrected chi connectivity index (χ1v) is 9.33. The number of thiophene rings is 1. The molecule has 4 heteroatoms. The summed E-state index contributed by atoms with van der Waals surface area (Å²) in [5, 5.41) is 7.22. The van der Waals surface area contributed by atoms with E-state index in [1.54, 1.807) is 0 Å². The van der Waals surface area contributed by atoms with Crippen molar-refractivity contribution < 1.29 is 0 Å². The second-order valence-corrected chi connectivity index (χ2v) is 7.24. The first kappa shape index (κ1) is 14.9. The second kappa shape index (κ2) is 6.87. The molecule has 0 saturated carbocycles. The Morgan fingerprint density at radius 1 is 1.13 bits per heavy atom. The Hall–Kier alpha value is -1.62. The predicted octanol–water partition coefficient (Wildman–Crippen LogP) is 4.16. The number of nitrogens with one attached hydrogen (secondary N) is 2. The lowest BCUT2D eigenvalue weighted by molar-refractivity contribution is 0.242. The van der Waals surface area contributed by atoms with Crippen molar-refractivity contribution in [2.24, 2.45) is 0 Å². The molecule has 1 fully saturated rings. The van der Waals surface area contributed by atoms with Gasteiger partial charge >= 0.3 is 0 Å². The smallest absolute Gasteiger partial charge is 0.0566 e. The maximum atomic E-state index is 3.70. The van der Waals surface area contributed by atoms with Crippen molar-refractivity contribution in [1.29, 1.82) is 0 Å². The minimum Gasteiger partial charge on any atom is -0.361 e. The molecule has 2 N–H and O–H groups in total. The third kappa shape index (κ3) is 3.20. The van der Waals surface area contributed by atoms with E-state index in [9.17, 15) is 0 Å². The van der Waals surface area contributed by atoms with Gasteiger partial charge in [-0.2, -0.15) is 0 Å². The van der Waals surface area contributed by atoms with Gasteiger partial charge in [-0.15, -0.1) is 11.3 Å². The molecule has 1 aliphatic heterocycles. The van der Waals surface area contributed by atoms with Gasteiger partial charge in [0, 0.05) is 35.1 Å². The molecule has 0 spiro atoms. The number of aromatic nitrogens is 1. The molecule has 3 aromatic rings. The minimum atomic E-state index is 0.517. The Kier molecular flexibility index (Phi) is 4.46. The van der Waals surface area contributed by atoms with E-state index in [1.165, 1.54) is 47.3 Å². The van der Waals surface area contributed by atoms with E-state index < -0.39 is 0 Å². The summed E-state index contributed by atoms with van der Waals surface area (Å²) >= 11 is 1.88. The van der Waals surface area contributed by atoms with Crippen LogP contribution >= 0.6 is 11.3 Å². The second-order valence-electron chi connectivity index (χ2n) is 6.26. The van der Waals surface area contributed by atoms with E-state index >= 15 is 0 Å². The van der Waals surface area contributed by atoms with Crippen LogP contribution in [0.1, 0.15) is 29.3 Å². The number of H-pyrrole nitrogens is 1. The largest absolute Gasteiger partial charge is 0.361 e. The van der Waals surface area contributed by atoms with Crippen LogP contribution in [0.15, 0.2) is 48.0 Å². The number of nitrogens with zero attached hydrogens (tertiary/aromatic N) is 1. The highest BCUT2D eigenvalue weighted by Gasteiger charge is 2.23. The Labute approximate surface area is 141 Å². The van der Waals surface area contributed by atoms with Gasteiger partial charge in [0.1, 0.15) is 0 Å². The topological polar surface area (TPSA) is 31.1 Å². The summed E-state index contributed by atoms with van der Waals surface area (Å²) in [7, 11) is 0. The number of rotatable bonds is 6. The van der Waals surface area contributed by atoms with Crippen molar-refractivity contribution in [3.63, 3.8) is 0 Å². The molecule has 1 aromatic carbocycles. The zero-order chi connectivity index (χ0) is 15.5. The van der Waals surface area contributed by atoms with E-state index in [4.69, 9.17) is 0 Å². The van der Waals surface area contributed by atoms with Gasteiger partial charge in [-0.1, -0.05) is 18.2 Å². The van der Waals surface area contributed by atoms with Crippen LogP contribution in [-0.2, 0) is 6.54 Å². The van der Waals surface area contributed by atoms with E-state index in [2.05, 4.69) is 57.0 Å². The van der Waals surface area contributed by atoms with Crippen molar-refractivity contribution in [1.82, 2.24) is 15.2 Å². The third-order valence-electron chi connectivity index (χ3n) is 4.79. The summed E-state index contributed by atoms with van der Waals surface area (Å²) in [6.07, 6.45) is 4.70. The van der Waals surface area contributed by atoms with Crippen LogP contribution in [-0.4, -0.2) is 29.5 Å². The van der Waals surface area contributed by atoms with Gasteiger partial charge in [0.25, 0.3) is 0 Å². The predicted molar refractivity (Wildman–Crippen MR) is 97.9 cm³/mol. The fourth-order valence-corrected chi connectivity index (χ4v) is 4.45. The van der Waals surface area contributed by atoms with Gasteiger partial charge in [0.05, 0.1) is 6.04 Å². The fraction of sp³-hybridized carbons (Fsp3) is 0.368. The summed E-state index contributed by atoms with van der Waals surface area (Å²) in [5.74, 6) is 0. The van der Waals surface area contributed by atoms with Gasteiger partial charge in [-0.25, -0.2) is 0 Å². The minimum absolute atomic E-state index is 0.517. The average Bonchev–Trinajstić information content (AvgIpc) is 3.34. The number of hydrogen-bond donors (Lipinski definition) is 2. The highest BCUT2D eigenvalue weighted by molar-refractivity contribution is 7.10. The van der Waals surface area contributed by atoms with Crippen molar-refractivity contribution in [2.45, 2.75) is 25.4 Å². The highest BCUT2D eigenvalue weighted by Crippen LogP contribution is 2.28. The lowest BCUT2D eigenvalue weighted by Gasteiger charge is -2.27. The number of fused-ring (bicyclic) bond motifs is 1. The summed E-state index contributed by atoms with van der Waals surface area (Å²) in [6.45, 7) is 4.40. The molecule has 0 bridgehead atoms. The van der Waals surface area contributed by atoms with Gasteiger partial charge in [-0.05, 0) is 55.1 Å². The summed E-state index contributed by atoms with van der Waals surface area (Å²) < 4.78 is 0. The highest BCUT2D eigenvalue weighted by atomic mass is 32.1. The first-order chi connectivity index (χ1) is 11.4. The summed E-state index contributed by atoms with van der Waals surface area (Å²) in [6, 6.07) is 13.6. The van der Waals surface area contributed by atoms with Crippen LogP contribution in [0, 0.1) is 0 Å². The van der Waals surface area contributed by atoms with Gasteiger partial charge in [-0.3, -0.25) is 4.90 Å². The van der Waals surface area contributed by atoms with Crippen molar-refractivity contribution in [3.05, 3.63) is 58.4 Å². The standard InChI is InChI=1S/C19H23N3S/c1-2-11-22(10-1)18(19-7-4-12-23-19)14-20-13-15-5-3-6-17-16(15)8-9-21-17/h3-9,12,18,20-21H,1-2,10-11,13-14H2. The third-order valence-corrected chi connectivity index (χ3v) is 5.76. The number of aromatic amines is 1. The van der Waals surface area contributed by atoms with Crippen LogP contribution in [0.4, 0.5) is 0 Å². The van der Waals surface area contributed by atoms with E-state index in [-0.39, 0.29) is 0 Å². The van der Waals surface area contributed by atoms with Crippen molar-refractivity contribution in [2.75, 3.05) is 19.6 Å². The Balaban J connectivity index is 1.44. The molecule has 1 saturated heterocycles. The molecule has 3 heterocycles. The maximum Gasteiger partial charge on any atom is 0.0566 e. The van der Waals surface area contributed by atoms with Crippen molar-refractivity contribution >= 4 is 22.2 Å². The molecule has 1 atom stereocenters. The SMILES string of the molecule is c1csc(C(CNCc2cccc3[nH]ccc23)N2CCCC2)c1. The molecule has 0 radical (unpaired) electrons. The lowest BCUT2D eigenvalue weighted by atomic mass is 10.1. The molecule has 1 aliphatic rings. The monoisotopic (exact) mass is 325 g/mol. The zero-order valence-corrected chi connectivity index (χ0v) is 14.1. The molecular weight excluding hydrogens is 302 g/mol. The molecule has 0 aliphatic carbocycles. The summed E-state index contributed by atoms with van der Waals surface area (Å²) in [4.78, 5) is 7.41. The van der Waals surface area contributed by atoms with E-state index in [1.807, 2.05) is 17.5 Å². The molecular formula is C19H23N3S. The molecule has 0 amide bonds. The molecule has 3 nitrogen and oxygen atoms in total. The quantitative estimate of drug-likeness (QED) is 0.713. The first-order valence-electron chi connectivity index (χ1n) is 8.45. The Morgan fingerprint density at radius 2 is 2.04 bits per heavy atom. The number of benzene rings is 1. The van der Waals surface area contributed by atoms with Crippen LogP contribution in [0.5, 0.6) is 0 Å². The summed E-state index contributed by atoms with van der Waals surface area (Å²) in [5.41, 5.74) is 2.59. The molecule has 23 heavy (non-hydrogen) atoms. The normalized spacial score (nSPS) is 17.0. The molecule has 4 rings (SSSR count). The molecule has 1 unspecified atom stereocenters. The van der Waals surface area contributed by atoms with Crippen molar-refractivity contribution in [3.8, 4) is 0 Å². The molecule has 120 valence electrons. The van der Waals surface area contributed by atoms with Gasteiger partial charge < -0.3 is 10.3 Å². The van der Waals surface area contributed by atoms with E-state index in [0.29, 0.717) is 6.04 Å². The fourth-order valence-electron chi connectivity index (χ4n) is 3.59. The Morgan fingerprint density at radius 3 is 2.87 bits per heavy atom.